The fourth-order valence-corrected chi connectivity index (χ4v) is 7.02. The van der Waals surface area contributed by atoms with Crippen LogP contribution in [0.4, 0.5) is 0 Å². The lowest BCUT2D eigenvalue weighted by molar-refractivity contribution is -0.312. The van der Waals surface area contributed by atoms with Crippen molar-refractivity contribution >= 4 is 11.8 Å². The predicted octanol–water partition coefficient (Wildman–Crippen LogP) is 1.57. The van der Waals surface area contributed by atoms with E-state index in [9.17, 15) is 31.4 Å². The number of aliphatic carboxylic acids is 1. The minimum Gasteiger partial charge on any atom is -0.479 e. The number of hydrogen-bond donors (Lipinski definition) is 4. The monoisotopic (exact) mass is 465 g/mol. The topological polar surface area (TPSA) is 134 Å². The molecule has 8 heteroatoms. The molecular formula is C25H34O8. The van der Waals surface area contributed by atoms with Gasteiger partial charge >= 0.3 is 5.97 Å². The van der Waals surface area contributed by atoms with Gasteiger partial charge in [-0.25, -0.2) is 4.79 Å². The molecule has 4 N–H and O–H groups in total. The van der Waals surface area contributed by atoms with Gasteiger partial charge in [-0.15, -0.1) is 0 Å². The number of carbonyl (C=O) groups excluding carboxylic acids is 1. The van der Waals surface area contributed by atoms with E-state index in [2.05, 4.69) is 6.92 Å². The second kappa shape index (κ2) is 7.99. The minimum atomic E-state index is -2.21. The van der Waals surface area contributed by atoms with Crippen molar-refractivity contribution in [2.24, 2.45) is 28.6 Å². The van der Waals surface area contributed by atoms with Crippen LogP contribution < -0.4 is 0 Å². The molecule has 33 heavy (non-hydrogen) atoms. The Morgan fingerprint density at radius 2 is 1.94 bits per heavy atom. The maximum atomic E-state index is 12.0. The van der Waals surface area contributed by atoms with E-state index in [0.29, 0.717) is 19.3 Å². The molecule has 4 fully saturated rings. The van der Waals surface area contributed by atoms with Gasteiger partial charge in [0.2, 0.25) is 0 Å². The highest BCUT2D eigenvalue weighted by Crippen LogP contribution is 2.65. The zero-order chi connectivity index (χ0) is 26.4. The molecule has 4 aliphatic carbocycles. The first kappa shape index (κ1) is 19.7. The van der Waals surface area contributed by atoms with E-state index in [0.717, 1.165) is 12.0 Å². The summed E-state index contributed by atoms with van der Waals surface area (Å²) in [5.74, 6) is -1.58. The Morgan fingerprint density at radius 3 is 2.67 bits per heavy atom. The summed E-state index contributed by atoms with van der Waals surface area (Å²) in [5.41, 5.74) is -0.205. The molecule has 5 aliphatic rings. The van der Waals surface area contributed by atoms with Crippen LogP contribution in [0.2, 0.25) is 0 Å². The normalized spacial score (nSPS) is 56.5. The van der Waals surface area contributed by atoms with E-state index >= 15 is 0 Å². The number of ketones is 1. The molecule has 182 valence electrons. The molecular weight excluding hydrogens is 428 g/mol. The average molecular weight is 466 g/mol. The van der Waals surface area contributed by atoms with Gasteiger partial charge in [-0.2, -0.15) is 0 Å². The third-order valence-corrected chi connectivity index (χ3v) is 8.99. The molecule has 0 bridgehead atoms. The number of carboxylic acid groups (broad SMARTS) is 1. The quantitative estimate of drug-likeness (QED) is 0.494. The Balaban J connectivity index is 1.46. The molecule has 0 aromatic rings. The molecule has 0 amide bonds. The van der Waals surface area contributed by atoms with Crippen molar-refractivity contribution in [3.63, 3.8) is 0 Å². The number of fused-ring (bicyclic) bond motifs is 5. The summed E-state index contributed by atoms with van der Waals surface area (Å²) in [7, 11) is 0. The van der Waals surface area contributed by atoms with Gasteiger partial charge in [-0.05, 0) is 73.8 Å². The molecule has 0 aromatic carbocycles. The molecule has 1 aliphatic heterocycles. The zero-order valence-electron chi connectivity index (χ0n) is 21.8. The predicted molar refractivity (Wildman–Crippen MR) is 116 cm³/mol. The first-order chi connectivity index (χ1) is 16.7. The van der Waals surface area contributed by atoms with Gasteiger partial charge in [0.15, 0.2) is 18.2 Å². The van der Waals surface area contributed by atoms with E-state index in [1.807, 2.05) is 13.0 Å². The van der Waals surface area contributed by atoms with Crippen LogP contribution in [0.25, 0.3) is 0 Å². The van der Waals surface area contributed by atoms with Gasteiger partial charge in [0, 0.05) is 8.16 Å². The van der Waals surface area contributed by atoms with Crippen molar-refractivity contribution in [3.8, 4) is 0 Å². The van der Waals surface area contributed by atoms with E-state index in [1.54, 1.807) is 12.2 Å². The van der Waals surface area contributed by atoms with Crippen LogP contribution in [0, 0.1) is 28.6 Å². The highest BCUT2D eigenvalue weighted by atomic mass is 16.7. The average Bonchev–Trinajstić information content (AvgIpc) is 2.96. The fraction of sp³-hybridized carbons (Fsp3) is 0.760. The highest BCUT2D eigenvalue weighted by molar-refractivity contribution is 6.01. The van der Waals surface area contributed by atoms with Gasteiger partial charge < -0.3 is 29.9 Å². The summed E-state index contributed by atoms with van der Waals surface area (Å²) < 4.78 is 38.2. The maximum Gasteiger partial charge on any atom is 0.335 e. The van der Waals surface area contributed by atoms with Crippen molar-refractivity contribution in [2.45, 2.75) is 89.1 Å². The molecule has 3 saturated carbocycles. The largest absolute Gasteiger partial charge is 0.479 e. The summed E-state index contributed by atoms with van der Waals surface area (Å²) in [4.78, 5) is 23.5. The molecule has 11 atom stereocenters. The molecule has 0 aromatic heterocycles. The summed E-state index contributed by atoms with van der Waals surface area (Å²) in [6.07, 6.45) is -5.81. The number of carbonyl (C=O) groups is 2. The van der Waals surface area contributed by atoms with Gasteiger partial charge in [0.25, 0.3) is 0 Å². The van der Waals surface area contributed by atoms with E-state index < -0.39 is 54.5 Å². The molecule has 5 rings (SSSR count). The molecule has 0 radical (unpaired) electrons. The van der Waals surface area contributed by atoms with Crippen molar-refractivity contribution in [1.29, 1.82) is 0 Å². The Hall–Kier alpha value is -1.58. The molecule has 1 saturated heterocycles. The van der Waals surface area contributed by atoms with Crippen LogP contribution in [0.3, 0.4) is 0 Å². The summed E-state index contributed by atoms with van der Waals surface area (Å²) >= 11 is 0. The fourth-order valence-electron chi connectivity index (χ4n) is 7.02. The van der Waals surface area contributed by atoms with Gasteiger partial charge in [0.1, 0.15) is 18.3 Å². The van der Waals surface area contributed by atoms with Crippen LogP contribution in [-0.2, 0) is 19.1 Å². The lowest BCUT2D eigenvalue weighted by Crippen LogP contribution is -2.61. The number of ether oxygens (including phenoxy) is 2. The van der Waals surface area contributed by atoms with Crippen LogP contribution >= 0.6 is 0 Å². The summed E-state index contributed by atoms with van der Waals surface area (Å²) in [6.45, 7) is 3.94. The van der Waals surface area contributed by atoms with Crippen LogP contribution in [0.1, 0.15) is 56.4 Å². The van der Waals surface area contributed by atoms with Gasteiger partial charge in [-0.1, -0.05) is 25.5 Å². The van der Waals surface area contributed by atoms with Crippen molar-refractivity contribution in [1.82, 2.24) is 0 Å². The lowest BCUT2D eigenvalue weighted by Gasteiger charge is -2.57. The minimum absolute atomic E-state index is 0.0182. The van der Waals surface area contributed by atoms with Crippen molar-refractivity contribution < 1.29 is 43.6 Å². The Bertz CT molecular complexity index is 1030. The zero-order valence-corrected chi connectivity index (χ0v) is 18.8. The SMILES string of the molecule is [2H]C1([2H])C[C@H]2[C@@H]3CCC4=CC(=O)C=C[C@]4(C)[C@H]3CC[C@]2(C)[C@]1([2H])O[C@@H]1O[C@H](C(=O)O)[C@@H](O)[C@H](O)[C@H]1O. The van der Waals surface area contributed by atoms with Crippen LogP contribution in [-0.4, -0.2) is 69.0 Å². The number of carboxylic acids is 1. The van der Waals surface area contributed by atoms with E-state index in [-0.39, 0.29) is 35.4 Å². The van der Waals surface area contributed by atoms with Gasteiger partial charge in [-0.3, -0.25) is 4.79 Å². The Labute approximate surface area is 197 Å². The molecule has 0 unspecified atom stereocenters. The highest BCUT2D eigenvalue weighted by Gasteiger charge is 2.60. The molecule has 0 spiro atoms. The lowest BCUT2D eigenvalue weighted by atomic mass is 9.48. The van der Waals surface area contributed by atoms with Crippen LogP contribution in [0.5, 0.6) is 0 Å². The number of allylic oxidation sites excluding steroid dienone is 4. The Kier molecular flexibility index (Phi) is 4.77. The van der Waals surface area contributed by atoms with Gasteiger partial charge in [0.05, 0.1) is 7.45 Å². The molecule has 1 heterocycles. The third kappa shape index (κ3) is 3.45. The first-order valence-corrected chi connectivity index (χ1v) is 11.7. The second-order valence-corrected chi connectivity index (χ2v) is 10.6. The van der Waals surface area contributed by atoms with Crippen LogP contribution in [0.15, 0.2) is 23.8 Å². The number of aliphatic hydroxyl groups excluding tert-OH is 3. The van der Waals surface area contributed by atoms with Crippen molar-refractivity contribution in [3.05, 3.63) is 23.8 Å². The smallest absolute Gasteiger partial charge is 0.335 e. The number of aliphatic hydroxyl groups is 3. The summed E-state index contributed by atoms with van der Waals surface area (Å²) in [6, 6.07) is 0. The number of hydrogen-bond acceptors (Lipinski definition) is 7. The van der Waals surface area contributed by atoms with E-state index in [1.165, 1.54) is 0 Å². The first-order valence-electron chi connectivity index (χ1n) is 13.2. The van der Waals surface area contributed by atoms with E-state index in [4.69, 9.17) is 12.2 Å². The molecule has 8 nitrogen and oxygen atoms in total. The standard InChI is InChI=1S/C25H34O8/c1-24-9-7-13(26)11-12(24)3-4-14-15-5-6-17(25(15,2)10-8-16(14)24)32-23-20(29)18(27)19(28)21(33-23)22(30)31/h7,9,11,14-21,23,27-29H,3-6,8,10H2,1-2H3,(H,30,31)/t14-,15-,16-,17+,18-,19-,20+,21-,23+,24-,25-/m0/s1/i6D2,17D. The Morgan fingerprint density at radius 1 is 1.18 bits per heavy atom. The maximum absolute atomic E-state index is 12.0. The third-order valence-electron chi connectivity index (χ3n) is 8.99. The van der Waals surface area contributed by atoms with Crippen molar-refractivity contribution in [2.75, 3.05) is 0 Å². The second-order valence-electron chi connectivity index (χ2n) is 10.6. The summed E-state index contributed by atoms with van der Waals surface area (Å²) in [5, 5.41) is 40.1. The number of rotatable bonds is 3.